The topological polar surface area (TPSA) is 125 Å². The molecule has 0 aliphatic carbocycles. The first kappa shape index (κ1) is 20.5. The van der Waals surface area contributed by atoms with Crippen LogP contribution in [-0.2, 0) is 20.7 Å². The molecule has 9 heteroatoms. The van der Waals surface area contributed by atoms with Gasteiger partial charge in [-0.05, 0) is 43.5 Å². The maximum absolute atomic E-state index is 12.4. The van der Waals surface area contributed by atoms with Crippen LogP contribution >= 0.6 is 0 Å². The van der Waals surface area contributed by atoms with Crippen LogP contribution in [0.5, 0.6) is 0 Å². The summed E-state index contributed by atoms with van der Waals surface area (Å²) in [6.45, 7) is 4.88. The first-order valence-corrected chi connectivity index (χ1v) is 9.41. The molecular weight excluding hydrogens is 374 g/mol. The molecule has 154 valence electrons. The van der Waals surface area contributed by atoms with Crippen molar-refractivity contribution in [3.63, 3.8) is 0 Å². The van der Waals surface area contributed by atoms with Crippen molar-refractivity contribution >= 4 is 29.3 Å². The van der Waals surface area contributed by atoms with E-state index in [1.165, 1.54) is 0 Å². The van der Waals surface area contributed by atoms with Gasteiger partial charge in [-0.15, -0.1) is 0 Å². The number of nitrogens with one attached hydrogen (secondary N) is 4. The largest absolute Gasteiger partial charge is 0.383 e. The lowest BCUT2D eigenvalue weighted by molar-refractivity contribution is -0.125. The molecule has 29 heavy (non-hydrogen) atoms. The highest BCUT2D eigenvalue weighted by atomic mass is 16.5. The first-order chi connectivity index (χ1) is 13.9. The summed E-state index contributed by atoms with van der Waals surface area (Å²) in [5.41, 5.74) is 2.91. The number of fused-ring (bicyclic) bond motifs is 1. The SMILES string of the molecule is COCCNc1nc2c(c(=O)[nH]1)C[C@@H](CC(=O)Nc1ccc(C)c(C)c1)C(=O)N2. The van der Waals surface area contributed by atoms with Gasteiger partial charge in [-0.2, -0.15) is 4.98 Å². The minimum atomic E-state index is -0.635. The Bertz CT molecular complexity index is 985. The van der Waals surface area contributed by atoms with Crippen LogP contribution in [0.15, 0.2) is 23.0 Å². The predicted molar refractivity (Wildman–Crippen MR) is 110 cm³/mol. The van der Waals surface area contributed by atoms with Crippen molar-refractivity contribution < 1.29 is 14.3 Å². The average molecular weight is 399 g/mol. The molecule has 0 saturated heterocycles. The van der Waals surface area contributed by atoms with Crippen LogP contribution in [0, 0.1) is 19.8 Å². The number of methoxy groups -OCH3 is 1. The number of ether oxygens (including phenoxy) is 1. The van der Waals surface area contributed by atoms with Crippen molar-refractivity contribution in [2.45, 2.75) is 26.7 Å². The zero-order valence-electron chi connectivity index (χ0n) is 16.7. The third-order valence-electron chi connectivity index (χ3n) is 4.90. The van der Waals surface area contributed by atoms with Gasteiger partial charge < -0.3 is 20.7 Å². The van der Waals surface area contributed by atoms with Gasteiger partial charge in [0.05, 0.1) is 18.1 Å². The van der Waals surface area contributed by atoms with Gasteiger partial charge in [0, 0.05) is 25.8 Å². The van der Waals surface area contributed by atoms with Crippen LogP contribution in [0.25, 0.3) is 0 Å². The molecule has 1 aromatic heterocycles. The minimum Gasteiger partial charge on any atom is -0.383 e. The predicted octanol–water partition coefficient (Wildman–Crippen LogP) is 1.58. The zero-order chi connectivity index (χ0) is 21.0. The van der Waals surface area contributed by atoms with E-state index in [9.17, 15) is 14.4 Å². The van der Waals surface area contributed by atoms with E-state index in [1.54, 1.807) is 7.11 Å². The molecule has 0 unspecified atom stereocenters. The smallest absolute Gasteiger partial charge is 0.257 e. The molecule has 0 fully saturated rings. The highest BCUT2D eigenvalue weighted by molar-refractivity contribution is 5.99. The number of carbonyl (C=O) groups excluding carboxylic acids is 2. The highest BCUT2D eigenvalue weighted by Crippen LogP contribution is 2.24. The van der Waals surface area contributed by atoms with E-state index in [1.807, 2.05) is 32.0 Å². The lowest BCUT2D eigenvalue weighted by Crippen LogP contribution is -2.37. The van der Waals surface area contributed by atoms with Crippen molar-refractivity contribution in [1.29, 1.82) is 0 Å². The van der Waals surface area contributed by atoms with Gasteiger partial charge in [-0.3, -0.25) is 19.4 Å². The Kier molecular flexibility index (Phi) is 6.28. The van der Waals surface area contributed by atoms with E-state index < -0.39 is 5.92 Å². The number of aromatic nitrogens is 2. The fourth-order valence-electron chi connectivity index (χ4n) is 3.12. The second-order valence-corrected chi connectivity index (χ2v) is 7.10. The van der Waals surface area contributed by atoms with Crippen molar-refractivity contribution in [1.82, 2.24) is 9.97 Å². The monoisotopic (exact) mass is 399 g/mol. The number of anilines is 3. The summed E-state index contributed by atoms with van der Waals surface area (Å²) in [6.07, 6.45) is 0.133. The fourth-order valence-corrected chi connectivity index (χ4v) is 3.12. The number of hydrogen-bond acceptors (Lipinski definition) is 6. The molecule has 1 aromatic carbocycles. The van der Waals surface area contributed by atoms with Crippen molar-refractivity contribution in [2.24, 2.45) is 5.92 Å². The summed E-state index contributed by atoms with van der Waals surface area (Å²) in [4.78, 5) is 44.1. The van der Waals surface area contributed by atoms with Gasteiger partial charge in [0.15, 0.2) is 0 Å². The molecule has 0 saturated carbocycles. The molecule has 3 rings (SSSR count). The maximum atomic E-state index is 12.4. The Labute approximate surface area is 168 Å². The molecule has 1 atom stereocenters. The quantitative estimate of drug-likeness (QED) is 0.524. The highest BCUT2D eigenvalue weighted by Gasteiger charge is 2.31. The number of aromatic amines is 1. The number of aryl methyl sites for hydroxylation is 2. The number of hydrogen-bond donors (Lipinski definition) is 4. The Balaban J connectivity index is 1.67. The number of carbonyl (C=O) groups is 2. The number of H-pyrrole nitrogens is 1. The van der Waals surface area contributed by atoms with E-state index in [0.717, 1.165) is 11.1 Å². The molecule has 2 heterocycles. The van der Waals surface area contributed by atoms with E-state index in [4.69, 9.17) is 4.74 Å². The second-order valence-electron chi connectivity index (χ2n) is 7.10. The van der Waals surface area contributed by atoms with Gasteiger partial charge in [-0.25, -0.2) is 0 Å². The van der Waals surface area contributed by atoms with Crippen LogP contribution in [0.3, 0.4) is 0 Å². The van der Waals surface area contributed by atoms with Gasteiger partial charge in [-0.1, -0.05) is 6.07 Å². The Morgan fingerprint density at radius 3 is 2.79 bits per heavy atom. The molecular formula is C20H25N5O4. The van der Waals surface area contributed by atoms with Crippen LogP contribution < -0.4 is 21.5 Å². The van der Waals surface area contributed by atoms with Gasteiger partial charge in [0.1, 0.15) is 5.82 Å². The molecule has 4 N–H and O–H groups in total. The number of rotatable bonds is 7. The summed E-state index contributed by atoms with van der Waals surface area (Å²) in [5.74, 6) is -0.751. The zero-order valence-corrected chi connectivity index (χ0v) is 16.7. The summed E-state index contributed by atoms with van der Waals surface area (Å²) >= 11 is 0. The summed E-state index contributed by atoms with van der Waals surface area (Å²) < 4.78 is 4.94. The van der Waals surface area contributed by atoms with Crippen LogP contribution in [0.4, 0.5) is 17.5 Å². The number of nitrogens with zero attached hydrogens (tertiary/aromatic N) is 1. The summed E-state index contributed by atoms with van der Waals surface area (Å²) in [7, 11) is 1.57. The van der Waals surface area contributed by atoms with E-state index in [0.29, 0.717) is 24.4 Å². The molecule has 0 spiro atoms. The molecule has 0 radical (unpaired) electrons. The standard InChI is InChI=1S/C20H25N5O4/c1-11-4-5-14(8-12(11)2)22-16(26)10-13-9-15-17(23-18(13)27)24-20(25-19(15)28)21-6-7-29-3/h4-5,8,13H,6-7,9-10H2,1-3H3,(H,22,26)(H3,21,23,24,25,27,28)/t13-/m0/s1. The van der Waals surface area contributed by atoms with Crippen LogP contribution in [-0.4, -0.2) is 42.0 Å². The number of benzene rings is 1. The second kappa shape index (κ2) is 8.87. The average Bonchev–Trinajstić information content (AvgIpc) is 2.66. The van der Waals surface area contributed by atoms with E-state index in [-0.39, 0.29) is 42.0 Å². The molecule has 1 aliphatic rings. The minimum absolute atomic E-state index is 0.0223. The molecule has 2 aromatic rings. The van der Waals surface area contributed by atoms with Crippen molar-refractivity contribution in [2.75, 3.05) is 36.2 Å². The number of amides is 2. The molecule has 9 nitrogen and oxygen atoms in total. The van der Waals surface area contributed by atoms with Crippen LogP contribution in [0.2, 0.25) is 0 Å². The van der Waals surface area contributed by atoms with E-state index in [2.05, 4.69) is 25.9 Å². The molecule has 2 amide bonds. The van der Waals surface area contributed by atoms with E-state index >= 15 is 0 Å². The van der Waals surface area contributed by atoms with Gasteiger partial charge >= 0.3 is 0 Å². The Morgan fingerprint density at radius 1 is 1.28 bits per heavy atom. The summed E-state index contributed by atoms with van der Waals surface area (Å²) in [5, 5.41) is 8.38. The first-order valence-electron chi connectivity index (χ1n) is 9.41. The Morgan fingerprint density at radius 2 is 2.07 bits per heavy atom. The van der Waals surface area contributed by atoms with Gasteiger partial charge in [0.25, 0.3) is 5.56 Å². The Hall–Kier alpha value is -3.20. The molecule has 1 aliphatic heterocycles. The van der Waals surface area contributed by atoms with Crippen molar-refractivity contribution in [3.8, 4) is 0 Å². The third-order valence-corrected chi connectivity index (χ3v) is 4.90. The van der Waals surface area contributed by atoms with Gasteiger partial charge in [0.2, 0.25) is 17.8 Å². The lowest BCUT2D eigenvalue weighted by Gasteiger charge is -2.23. The van der Waals surface area contributed by atoms with Crippen molar-refractivity contribution in [3.05, 3.63) is 45.2 Å². The maximum Gasteiger partial charge on any atom is 0.257 e. The van der Waals surface area contributed by atoms with Crippen LogP contribution in [0.1, 0.15) is 23.1 Å². The lowest BCUT2D eigenvalue weighted by atomic mass is 9.92. The fraction of sp³-hybridized carbons (Fsp3) is 0.400. The summed E-state index contributed by atoms with van der Waals surface area (Å²) in [6, 6.07) is 5.64. The third kappa shape index (κ3) is 5.00. The molecule has 0 bridgehead atoms. The normalized spacial score (nSPS) is 15.4.